The number of benzene rings is 2. The smallest absolute Gasteiger partial charge is 0.343 e. The molecule has 1 fully saturated rings. The summed E-state index contributed by atoms with van der Waals surface area (Å²) in [6.07, 6.45) is 3.66. The zero-order valence-electron chi connectivity index (χ0n) is 16.7. The maximum atomic E-state index is 12.4. The molecule has 2 aromatic carbocycles. The number of anilines is 2. The van der Waals surface area contributed by atoms with Gasteiger partial charge in [0, 0.05) is 25.5 Å². The Hall–Kier alpha value is -3.66. The molecule has 1 amide bonds. The fraction of sp³-hybridized carbons (Fsp3) is 0.190. The number of aromatic nitrogens is 2. The first kappa shape index (κ1) is 20.6. The molecule has 1 saturated heterocycles. The number of nitrogens with one attached hydrogen (secondary N) is 1. The number of hydrogen-bond donors (Lipinski definition) is 1. The minimum atomic E-state index is -3.27. The van der Waals surface area contributed by atoms with Gasteiger partial charge in [0.2, 0.25) is 10.0 Å². The van der Waals surface area contributed by atoms with Crippen LogP contribution in [0.2, 0.25) is 0 Å². The molecule has 10 heteroatoms. The molecule has 0 aliphatic carbocycles. The molecule has 0 unspecified atom stereocenters. The highest BCUT2D eigenvalue weighted by Gasteiger charge is 2.28. The van der Waals surface area contributed by atoms with Gasteiger partial charge in [-0.2, -0.15) is 5.10 Å². The number of carbonyl (C=O) groups is 2. The molecule has 9 nitrogen and oxygen atoms in total. The van der Waals surface area contributed by atoms with Crippen LogP contribution in [0, 0.1) is 0 Å². The van der Waals surface area contributed by atoms with Crippen molar-refractivity contribution in [2.24, 2.45) is 7.05 Å². The highest BCUT2D eigenvalue weighted by atomic mass is 32.2. The standard InChI is InChI=1S/C21H20N4O5S/c1-24-14-16(13-22-24)20(26)23-17-5-9-19(10-6-17)30-21(27)15-3-7-18(8-4-15)25-11-2-12-31(25,28)29/h3-10,13-14H,2,11-12H2,1H3,(H,23,26). The van der Waals surface area contributed by atoms with Gasteiger partial charge in [0.1, 0.15) is 5.75 Å². The topological polar surface area (TPSA) is 111 Å². The first-order valence-electron chi connectivity index (χ1n) is 9.54. The van der Waals surface area contributed by atoms with E-state index >= 15 is 0 Å². The van der Waals surface area contributed by atoms with Crippen LogP contribution in [0.5, 0.6) is 5.75 Å². The van der Waals surface area contributed by atoms with Crippen LogP contribution in [0.1, 0.15) is 27.1 Å². The van der Waals surface area contributed by atoms with E-state index in [0.29, 0.717) is 41.2 Å². The lowest BCUT2D eigenvalue weighted by atomic mass is 10.2. The molecule has 1 aliphatic heterocycles. The maximum absolute atomic E-state index is 12.4. The third-order valence-electron chi connectivity index (χ3n) is 4.78. The van der Waals surface area contributed by atoms with E-state index in [4.69, 9.17) is 4.74 Å². The van der Waals surface area contributed by atoms with Gasteiger partial charge in [-0.1, -0.05) is 0 Å². The molecular weight excluding hydrogens is 420 g/mol. The SMILES string of the molecule is Cn1cc(C(=O)Nc2ccc(OC(=O)c3ccc(N4CCCS4(=O)=O)cc3)cc2)cn1. The minimum Gasteiger partial charge on any atom is -0.423 e. The fourth-order valence-corrected chi connectivity index (χ4v) is 4.77. The van der Waals surface area contributed by atoms with E-state index in [9.17, 15) is 18.0 Å². The number of sulfonamides is 1. The van der Waals surface area contributed by atoms with Gasteiger partial charge in [-0.25, -0.2) is 13.2 Å². The summed E-state index contributed by atoms with van der Waals surface area (Å²) in [7, 11) is -1.54. The van der Waals surface area contributed by atoms with Crippen molar-refractivity contribution in [3.8, 4) is 5.75 Å². The molecule has 0 saturated carbocycles. The van der Waals surface area contributed by atoms with Crippen LogP contribution in [0.25, 0.3) is 0 Å². The number of ether oxygens (including phenoxy) is 1. The van der Waals surface area contributed by atoms with E-state index in [1.54, 1.807) is 49.6 Å². The Kier molecular flexibility index (Phi) is 5.47. The summed E-state index contributed by atoms with van der Waals surface area (Å²) in [5.74, 6) is -0.411. The summed E-state index contributed by atoms with van der Waals surface area (Å²) < 4.78 is 32.2. The zero-order chi connectivity index (χ0) is 22.0. The number of esters is 1. The van der Waals surface area contributed by atoms with Gasteiger partial charge in [0.15, 0.2) is 0 Å². The monoisotopic (exact) mass is 440 g/mol. The predicted octanol–water partition coefficient (Wildman–Crippen LogP) is 2.43. The number of aryl methyl sites for hydroxylation is 1. The Morgan fingerprint density at radius 1 is 1.03 bits per heavy atom. The number of carbonyl (C=O) groups excluding carboxylic acids is 2. The van der Waals surface area contributed by atoms with Crippen LogP contribution in [0.3, 0.4) is 0 Å². The highest BCUT2D eigenvalue weighted by Crippen LogP contribution is 2.25. The van der Waals surface area contributed by atoms with E-state index in [1.807, 2.05) is 0 Å². The highest BCUT2D eigenvalue weighted by molar-refractivity contribution is 7.93. The van der Waals surface area contributed by atoms with Crippen molar-refractivity contribution >= 4 is 33.3 Å². The molecule has 31 heavy (non-hydrogen) atoms. The molecule has 0 spiro atoms. The summed E-state index contributed by atoms with van der Waals surface area (Å²) in [5, 5.41) is 6.69. The van der Waals surface area contributed by atoms with Crippen LogP contribution in [0.15, 0.2) is 60.9 Å². The van der Waals surface area contributed by atoms with E-state index in [1.165, 1.54) is 27.3 Å². The Morgan fingerprint density at radius 3 is 2.32 bits per heavy atom. The average molecular weight is 440 g/mol. The number of rotatable bonds is 5. The fourth-order valence-electron chi connectivity index (χ4n) is 3.21. The van der Waals surface area contributed by atoms with Gasteiger partial charge < -0.3 is 10.1 Å². The quantitative estimate of drug-likeness (QED) is 0.482. The van der Waals surface area contributed by atoms with Crippen LogP contribution < -0.4 is 14.4 Å². The summed E-state index contributed by atoms with van der Waals surface area (Å²) >= 11 is 0. The second-order valence-corrected chi connectivity index (χ2v) is 9.07. The maximum Gasteiger partial charge on any atom is 0.343 e. The normalized spacial score (nSPS) is 14.9. The molecule has 4 rings (SSSR count). The molecule has 0 bridgehead atoms. The Labute approximate surface area is 179 Å². The largest absolute Gasteiger partial charge is 0.423 e. The van der Waals surface area contributed by atoms with Crippen molar-refractivity contribution in [1.29, 1.82) is 0 Å². The van der Waals surface area contributed by atoms with Gasteiger partial charge in [0.05, 0.1) is 28.8 Å². The van der Waals surface area contributed by atoms with Crippen molar-refractivity contribution < 1.29 is 22.7 Å². The molecule has 1 aliphatic rings. The molecule has 3 aromatic rings. The van der Waals surface area contributed by atoms with Crippen molar-refractivity contribution in [2.45, 2.75) is 6.42 Å². The van der Waals surface area contributed by atoms with E-state index in [2.05, 4.69) is 10.4 Å². The molecular formula is C21H20N4O5S. The first-order chi connectivity index (χ1) is 14.8. The van der Waals surface area contributed by atoms with Crippen LogP contribution in [-0.4, -0.2) is 42.4 Å². The molecule has 1 aromatic heterocycles. The number of nitrogens with zero attached hydrogens (tertiary/aromatic N) is 3. The number of hydrogen-bond acceptors (Lipinski definition) is 6. The summed E-state index contributed by atoms with van der Waals surface area (Å²) in [5.41, 5.74) is 1.81. The molecule has 0 atom stereocenters. The van der Waals surface area contributed by atoms with Crippen molar-refractivity contribution in [3.05, 3.63) is 72.1 Å². The van der Waals surface area contributed by atoms with Gasteiger partial charge >= 0.3 is 5.97 Å². The Bertz CT molecular complexity index is 1220. The van der Waals surface area contributed by atoms with Gasteiger partial charge in [-0.05, 0) is 55.0 Å². The van der Waals surface area contributed by atoms with Crippen LogP contribution in [-0.2, 0) is 17.1 Å². The van der Waals surface area contributed by atoms with E-state index < -0.39 is 16.0 Å². The number of amides is 1. The third-order valence-corrected chi connectivity index (χ3v) is 6.65. The average Bonchev–Trinajstić information content (AvgIpc) is 3.34. The van der Waals surface area contributed by atoms with Crippen molar-refractivity contribution in [3.63, 3.8) is 0 Å². The zero-order valence-corrected chi connectivity index (χ0v) is 17.5. The van der Waals surface area contributed by atoms with Crippen molar-refractivity contribution in [2.75, 3.05) is 21.9 Å². The van der Waals surface area contributed by atoms with E-state index in [-0.39, 0.29) is 11.7 Å². The second-order valence-electron chi connectivity index (χ2n) is 7.06. The molecule has 160 valence electrons. The Balaban J connectivity index is 1.38. The second kappa shape index (κ2) is 8.23. The van der Waals surface area contributed by atoms with Crippen LogP contribution in [0.4, 0.5) is 11.4 Å². The third kappa shape index (κ3) is 4.58. The van der Waals surface area contributed by atoms with Gasteiger partial charge in [-0.15, -0.1) is 0 Å². The van der Waals surface area contributed by atoms with Crippen LogP contribution >= 0.6 is 0 Å². The first-order valence-corrected chi connectivity index (χ1v) is 11.2. The molecule has 2 heterocycles. The minimum absolute atomic E-state index is 0.134. The lowest BCUT2D eigenvalue weighted by molar-refractivity contribution is 0.0734. The lowest BCUT2D eigenvalue weighted by Gasteiger charge is -2.16. The summed E-state index contributed by atoms with van der Waals surface area (Å²) in [6.45, 7) is 0.440. The summed E-state index contributed by atoms with van der Waals surface area (Å²) in [4.78, 5) is 24.5. The van der Waals surface area contributed by atoms with Gasteiger partial charge in [0.25, 0.3) is 5.91 Å². The van der Waals surface area contributed by atoms with Gasteiger partial charge in [-0.3, -0.25) is 13.8 Å². The Morgan fingerprint density at radius 2 is 1.74 bits per heavy atom. The lowest BCUT2D eigenvalue weighted by Crippen LogP contribution is -2.25. The van der Waals surface area contributed by atoms with E-state index in [0.717, 1.165) is 0 Å². The molecule has 0 radical (unpaired) electrons. The molecule has 1 N–H and O–H groups in total. The summed E-state index contributed by atoms with van der Waals surface area (Å²) in [6, 6.07) is 12.6. The van der Waals surface area contributed by atoms with Crippen molar-refractivity contribution in [1.82, 2.24) is 9.78 Å². The predicted molar refractivity (Wildman–Crippen MR) is 115 cm³/mol.